The molecular weight excluding hydrogens is 302 g/mol. The van der Waals surface area contributed by atoms with Gasteiger partial charge < -0.3 is 9.52 Å². The molecule has 20 heavy (non-hydrogen) atoms. The lowest BCUT2D eigenvalue weighted by molar-refractivity contribution is 0.192. The largest absolute Gasteiger partial charge is 0.456 e. The molecule has 5 heteroatoms. The Morgan fingerprint density at radius 2 is 1.85 bits per heavy atom. The second-order valence-corrected chi connectivity index (χ2v) is 5.20. The van der Waals surface area contributed by atoms with Gasteiger partial charge in [-0.3, -0.25) is 0 Å². The molecule has 1 atom stereocenters. The van der Waals surface area contributed by atoms with Gasteiger partial charge in [-0.2, -0.15) is 0 Å². The van der Waals surface area contributed by atoms with E-state index in [1.165, 1.54) is 18.2 Å². The predicted molar refractivity (Wildman–Crippen MR) is 76.7 cm³/mol. The van der Waals surface area contributed by atoms with Crippen LogP contribution in [0.15, 0.2) is 46.9 Å². The number of aliphatic hydroxyl groups is 1. The van der Waals surface area contributed by atoms with Crippen LogP contribution in [0.3, 0.4) is 0 Å². The highest BCUT2D eigenvalue weighted by molar-refractivity contribution is 6.34. The van der Waals surface area contributed by atoms with Gasteiger partial charge in [-0.1, -0.05) is 41.4 Å². The molecule has 0 radical (unpaired) electrons. The van der Waals surface area contributed by atoms with Crippen LogP contribution in [0.5, 0.6) is 0 Å². The van der Waals surface area contributed by atoms with Crippen molar-refractivity contribution in [3.8, 4) is 0 Å². The highest BCUT2D eigenvalue weighted by Gasteiger charge is 2.17. The first-order chi connectivity index (χ1) is 9.56. The molecule has 1 heterocycles. The zero-order valence-electron chi connectivity index (χ0n) is 10.1. The van der Waals surface area contributed by atoms with E-state index in [0.717, 1.165) is 5.39 Å². The SMILES string of the molecule is OC(c1ccc(F)c(Cl)c1)c1cc2cccc(Cl)c2o1. The van der Waals surface area contributed by atoms with Crippen LogP contribution in [0.4, 0.5) is 4.39 Å². The number of furan rings is 1. The Labute approximate surface area is 124 Å². The van der Waals surface area contributed by atoms with Crippen molar-refractivity contribution in [3.05, 3.63) is 69.7 Å². The van der Waals surface area contributed by atoms with Gasteiger partial charge in [-0.15, -0.1) is 0 Å². The van der Waals surface area contributed by atoms with Crippen molar-refractivity contribution < 1.29 is 13.9 Å². The van der Waals surface area contributed by atoms with Crippen molar-refractivity contribution >= 4 is 34.2 Å². The van der Waals surface area contributed by atoms with Gasteiger partial charge in [0.1, 0.15) is 17.7 Å². The van der Waals surface area contributed by atoms with Gasteiger partial charge in [0.25, 0.3) is 0 Å². The summed E-state index contributed by atoms with van der Waals surface area (Å²) in [5.74, 6) is -0.203. The molecule has 102 valence electrons. The Kier molecular flexibility index (Phi) is 3.42. The molecule has 0 fully saturated rings. The van der Waals surface area contributed by atoms with Crippen LogP contribution < -0.4 is 0 Å². The predicted octanol–water partition coefficient (Wildman–Crippen LogP) is 4.96. The third kappa shape index (κ3) is 2.29. The van der Waals surface area contributed by atoms with Crippen molar-refractivity contribution in [2.24, 2.45) is 0 Å². The van der Waals surface area contributed by atoms with Gasteiger partial charge in [-0.05, 0) is 29.8 Å². The van der Waals surface area contributed by atoms with Crippen LogP contribution in [0.1, 0.15) is 17.4 Å². The summed E-state index contributed by atoms with van der Waals surface area (Å²) in [6, 6.07) is 11.1. The number of hydrogen-bond acceptors (Lipinski definition) is 2. The Bertz CT molecular complexity index is 783. The lowest BCUT2D eigenvalue weighted by Crippen LogP contribution is -1.98. The molecule has 0 amide bonds. The van der Waals surface area contributed by atoms with E-state index >= 15 is 0 Å². The number of halogens is 3. The quantitative estimate of drug-likeness (QED) is 0.725. The maximum atomic E-state index is 13.1. The summed E-state index contributed by atoms with van der Waals surface area (Å²) in [7, 11) is 0. The molecule has 1 unspecified atom stereocenters. The number of fused-ring (bicyclic) bond motifs is 1. The van der Waals surface area contributed by atoms with Gasteiger partial charge in [0, 0.05) is 5.39 Å². The lowest BCUT2D eigenvalue weighted by Gasteiger charge is -2.08. The summed E-state index contributed by atoms with van der Waals surface area (Å²) in [5, 5.41) is 11.5. The molecular formula is C15H9Cl2FO2. The van der Waals surface area contributed by atoms with E-state index in [0.29, 0.717) is 21.9 Å². The molecule has 0 bridgehead atoms. The summed E-state index contributed by atoms with van der Waals surface area (Å²) in [6.07, 6.45) is -1.03. The first kappa shape index (κ1) is 13.4. The fourth-order valence-corrected chi connectivity index (χ4v) is 2.44. The van der Waals surface area contributed by atoms with E-state index in [4.69, 9.17) is 27.6 Å². The van der Waals surface area contributed by atoms with Gasteiger partial charge >= 0.3 is 0 Å². The minimum absolute atomic E-state index is 0.0457. The van der Waals surface area contributed by atoms with E-state index in [1.54, 1.807) is 18.2 Å². The molecule has 0 aliphatic carbocycles. The molecule has 0 saturated carbocycles. The first-order valence-corrected chi connectivity index (χ1v) is 6.63. The van der Waals surface area contributed by atoms with Crippen LogP contribution in [0.25, 0.3) is 11.0 Å². The van der Waals surface area contributed by atoms with Gasteiger partial charge in [0.05, 0.1) is 10.0 Å². The van der Waals surface area contributed by atoms with Crippen molar-refractivity contribution in [2.75, 3.05) is 0 Å². The zero-order chi connectivity index (χ0) is 14.3. The first-order valence-electron chi connectivity index (χ1n) is 5.87. The molecule has 1 aromatic heterocycles. The number of hydrogen-bond donors (Lipinski definition) is 1. The molecule has 0 spiro atoms. The normalized spacial score (nSPS) is 12.8. The molecule has 0 aliphatic rings. The highest BCUT2D eigenvalue weighted by atomic mass is 35.5. The number of rotatable bonds is 2. The summed E-state index contributed by atoms with van der Waals surface area (Å²) in [5.41, 5.74) is 0.961. The Morgan fingerprint density at radius 3 is 2.55 bits per heavy atom. The minimum Gasteiger partial charge on any atom is -0.456 e. The molecule has 2 aromatic carbocycles. The summed E-state index contributed by atoms with van der Waals surface area (Å²) in [6.45, 7) is 0. The highest BCUT2D eigenvalue weighted by Crippen LogP contribution is 2.32. The monoisotopic (exact) mass is 310 g/mol. The van der Waals surface area contributed by atoms with Crippen molar-refractivity contribution in [1.29, 1.82) is 0 Å². The van der Waals surface area contributed by atoms with Crippen molar-refractivity contribution in [1.82, 2.24) is 0 Å². The molecule has 1 N–H and O–H groups in total. The third-order valence-corrected chi connectivity index (χ3v) is 3.63. The minimum atomic E-state index is -1.03. The summed E-state index contributed by atoms with van der Waals surface area (Å²) < 4.78 is 18.7. The second-order valence-electron chi connectivity index (χ2n) is 4.38. The Morgan fingerprint density at radius 1 is 1.05 bits per heavy atom. The number of para-hydroxylation sites is 1. The van der Waals surface area contributed by atoms with Gasteiger partial charge in [0.15, 0.2) is 5.58 Å². The Hall–Kier alpha value is -1.55. The van der Waals surface area contributed by atoms with Crippen LogP contribution >= 0.6 is 23.2 Å². The van der Waals surface area contributed by atoms with Crippen LogP contribution in [0.2, 0.25) is 10.0 Å². The molecule has 0 aliphatic heterocycles. The average molecular weight is 311 g/mol. The fourth-order valence-electron chi connectivity index (χ4n) is 2.03. The van der Waals surface area contributed by atoms with Crippen molar-refractivity contribution in [2.45, 2.75) is 6.10 Å². The molecule has 0 saturated heterocycles. The lowest BCUT2D eigenvalue weighted by atomic mass is 10.1. The van der Waals surface area contributed by atoms with E-state index in [9.17, 15) is 9.50 Å². The van der Waals surface area contributed by atoms with Crippen molar-refractivity contribution in [3.63, 3.8) is 0 Å². The zero-order valence-corrected chi connectivity index (χ0v) is 11.6. The van der Waals surface area contributed by atoms with Gasteiger partial charge in [-0.25, -0.2) is 4.39 Å². The topological polar surface area (TPSA) is 33.4 Å². The maximum absolute atomic E-state index is 13.1. The summed E-state index contributed by atoms with van der Waals surface area (Å²) >= 11 is 11.7. The fraction of sp³-hybridized carbons (Fsp3) is 0.0667. The smallest absolute Gasteiger partial charge is 0.153 e. The van der Waals surface area contributed by atoms with E-state index < -0.39 is 11.9 Å². The molecule has 3 aromatic rings. The summed E-state index contributed by atoms with van der Waals surface area (Å²) in [4.78, 5) is 0. The third-order valence-electron chi connectivity index (χ3n) is 3.04. The number of aliphatic hydroxyl groups excluding tert-OH is 1. The van der Waals surface area contributed by atoms with E-state index in [-0.39, 0.29) is 5.02 Å². The van der Waals surface area contributed by atoms with E-state index in [2.05, 4.69) is 0 Å². The molecule has 3 rings (SSSR count). The maximum Gasteiger partial charge on any atom is 0.153 e. The standard InChI is InChI=1S/C15H9Cl2FO2/c16-10-3-1-2-9-7-13(20-15(9)10)14(19)8-4-5-12(18)11(17)6-8/h1-7,14,19H. The second kappa shape index (κ2) is 5.09. The van der Waals surface area contributed by atoms with Crippen LogP contribution in [-0.2, 0) is 0 Å². The Balaban J connectivity index is 2.05. The number of benzene rings is 2. The molecule has 2 nitrogen and oxygen atoms in total. The van der Waals surface area contributed by atoms with Gasteiger partial charge in [0.2, 0.25) is 0 Å². The van der Waals surface area contributed by atoms with Crippen LogP contribution in [-0.4, -0.2) is 5.11 Å². The van der Waals surface area contributed by atoms with E-state index in [1.807, 2.05) is 6.07 Å². The van der Waals surface area contributed by atoms with Crippen LogP contribution in [0, 0.1) is 5.82 Å². The average Bonchev–Trinajstić information content (AvgIpc) is 2.86.